The van der Waals surface area contributed by atoms with Gasteiger partial charge in [-0.25, -0.2) is 23.1 Å². The van der Waals surface area contributed by atoms with E-state index in [-0.39, 0.29) is 58.5 Å². The van der Waals surface area contributed by atoms with Gasteiger partial charge in [-0.05, 0) is 60.9 Å². The monoisotopic (exact) mass is 587 g/mol. The summed E-state index contributed by atoms with van der Waals surface area (Å²) in [4.78, 5) is 40.8. The second kappa shape index (κ2) is 12.1. The third-order valence-electron chi connectivity index (χ3n) is 7.70. The van der Waals surface area contributed by atoms with Gasteiger partial charge in [0, 0.05) is 37.8 Å². The number of benzene rings is 1. The number of aliphatic carboxylic acids is 1. The van der Waals surface area contributed by atoms with E-state index in [1.807, 2.05) is 18.7 Å². The number of carboxylic acids is 1. The summed E-state index contributed by atoms with van der Waals surface area (Å²) in [5.41, 5.74) is 6.00. The van der Waals surface area contributed by atoms with Gasteiger partial charge < -0.3 is 15.7 Å². The number of nitrogens with two attached hydrogens (primary N) is 1. The van der Waals surface area contributed by atoms with Gasteiger partial charge in [0.1, 0.15) is 17.3 Å². The van der Waals surface area contributed by atoms with Crippen molar-refractivity contribution >= 4 is 28.5 Å². The molecule has 12 heteroatoms. The largest absolute Gasteiger partial charge is 0.481 e. The topological polar surface area (TPSA) is 151 Å². The average Bonchev–Trinajstić information content (AvgIpc) is 2.96. The van der Waals surface area contributed by atoms with E-state index >= 15 is 8.78 Å². The minimum absolute atomic E-state index is 0.00272. The number of carboxylic acid groups (broad SMARTS) is 1. The molecule has 1 aliphatic heterocycles. The first-order chi connectivity index (χ1) is 20.6. The zero-order valence-electron chi connectivity index (χ0n) is 23.8. The number of rotatable bonds is 8. The second-order valence-electron chi connectivity index (χ2n) is 11.0. The van der Waals surface area contributed by atoms with Gasteiger partial charge in [0.25, 0.3) is 0 Å². The molecule has 4 heterocycles. The molecule has 0 unspecified atom stereocenters. The molecule has 3 N–H and O–H groups in total. The van der Waals surface area contributed by atoms with E-state index in [0.717, 1.165) is 18.9 Å². The lowest BCUT2D eigenvalue weighted by atomic mass is 9.95. The summed E-state index contributed by atoms with van der Waals surface area (Å²) >= 11 is 0. The van der Waals surface area contributed by atoms with E-state index in [4.69, 9.17) is 5.73 Å². The molecule has 1 aromatic carbocycles. The van der Waals surface area contributed by atoms with Crippen molar-refractivity contribution in [2.24, 2.45) is 5.92 Å². The van der Waals surface area contributed by atoms with E-state index in [9.17, 15) is 20.0 Å². The Bertz CT molecular complexity index is 1800. The standard InChI is InChI=1S/C31H31F2N7O3/c1-17(2)26-28(19(11-13-36-26)8-9-24(41)42)40-30-20(15-22(33)27(37-30)25-21(32)6-3-7-23(25)35)29(38-31(40)43)39-14-4-5-18(16-39)10-12-34/h3,6-7,11,13,15,17-18H,4-5,8-10,14,16,35H2,1-2H3,(H,41,42)/t18-/m0/s1. The lowest BCUT2D eigenvalue weighted by Gasteiger charge is -2.33. The van der Waals surface area contributed by atoms with Crippen molar-refractivity contribution in [3.63, 3.8) is 0 Å². The van der Waals surface area contributed by atoms with Crippen LogP contribution in [0.2, 0.25) is 0 Å². The smallest absolute Gasteiger partial charge is 0.355 e. The van der Waals surface area contributed by atoms with Crippen LogP contribution in [-0.2, 0) is 11.2 Å². The van der Waals surface area contributed by atoms with E-state index in [0.29, 0.717) is 36.5 Å². The first-order valence-electron chi connectivity index (χ1n) is 14.1. The van der Waals surface area contributed by atoms with Gasteiger partial charge in [0.2, 0.25) is 0 Å². The van der Waals surface area contributed by atoms with E-state index in [1.165, 1.54) is 22.8 Å². The first-order valence-corrected chi connectivity index (χ1v) is 14.1. The lowest BCUT2D eigenvalue weighted by Crippen LogP contribution is -2.38. The van der Waals surface area contributed by atoms with Gasteiger partial charge in [0.15, 0.2) is 11.5 Å². The highest BCUT2D eigenvalue weighted by Gasteiger charge is 2.28. The number of halogens is 2. The molecule has 0 aliphatic carbocycles. The Balaban J connectivity index is 1.87. The van der Waals surface area contributed by atoms with Crippen LogP contribution in [0.3, 0.4) is 0 Å². The number of carbonyl (C=O) groups is 1. The van der Waals surface area contributed by atoms with Crippen molar-refractivity contribution in [2.45, 2.75) is 51.9 Å². The minimum Gasteiger partial charge on any atom is -0.481 e. The molecule has 1 saturated heterocycles. The number of aryl methyl sites for hydroxylation is 1. The van der Waals surface area contributed by atoms with Crippen molar-refractivity contribution in [3.05, 3.63) is 69.9 Å². The lowest BCUT2D eigenvalue weighted by molar-refractivity contribution is -0.136. The molecule has 0 amide bonds. The maximum absolute atomic E-state index is 15.9. The van der Waals surface area contributed by atoms with Gasteiger partial charge in [-0.1, -0.05) is 19.9 Å². The molecule has 4 aromatic rings. The number of hydrogen-bond donors (Lipinski definition) is 2. The summed E-state index contributed by atoms with van der Waals surface area (Å²) in [6.07, 6.45) is 3.33. The molecule has 3 aromatic heterocycles. The SMILES string of the molecule is CC(C)c1nccc(CCC(=O)O)c1-n1c(=O)nc(N2CCC[C@@H](CC#N)C2)c2cc(F)c(-c3c(N)cccc3F)nc21. The number of anilines is 2. The average molecular weight is 588 g/mol. The van der Waals surface area contributed by atoms with Crippen molar-refractivity contribution < 1.29 is 18.7 Å². The number of fused-ring (bicyclic) bond motifs is 1. The molecule has 0 spiro atoms. The Morgan fingerprint density at radius 2 is 2.02 bits per heavy atom. The number of pyridine rings is 2. The summed E-state index contributed by atoms with van der Waals surface area (Å²) < 4.78 is 32.2. The molecule has 1 atom stereocenters. The van der Waals surface area contributed by atoms with Crippen LogP contribution in [0.1, 0.15) is 56.7 Å². The molecular formula is C31H31F2N7O3. The predicted molar refractivity (Wildman–Crippen MR) is 158 cm³/mol. The zero-order chi connectivity index (χ0) is 30.8. The number of piperidine rings is 1. The zero-order valence-corrected chi connectivity index (χ0v) is 23.8. The van der Waals surface area contributed by atoms with Crippen LogP contribution in [-0.4, -0.2) is 43.7 Å². The Labute approximate surface area is 246 Å². The maximum atomic E-state index is 15.9. The molecule has 1 aliphatic rings. The summed E-state index contributed by atoms with van der Waals surface area (Å²) in [7, 11) is 0. The number of aromatic nitrogens is 4. The molecule has 43 heavy (non-hydrogen) atoms. The summed E-state index contributed by atoms with van der Waals surface area (Å²) in [6, 6.07) is 8.98. The number of nitrogens with zero attached hydrogens (tertiary/aromatic N) is 6. The number of hydrogen-bond acceptors (Lipinski definition) is 8. The predicted octanol–water partition coefficient (Wildman–Crippen LogP) is 4.97. The third kappa shape index (κ3) is 5.75. The molecule has 0 bridgehead atoms. The van der Waals surface area contributed by atoms with Gasteiger partial charge in [-0.15, -0.1) is 0 Å². The van der Waals surface area contributed by atoms with Crippen LogP contribution in [0.5, 0.6) is 0 Å². The summed E-state index contributed by atoms with van der Waals surface area (Å²) in [5.74, 6) is -2.60. The van der Waals surface area contributed by atoms with Crippen LogP contribution < -0.4 is 16.3 Å². The Kier molecular flexibility index (Phi) is 8.34. The quantitative estimate of drug-likeness (QED) is 0.272. The first kappa shape index (κ1) is 29.6. The van der Waals surface area contributed by atoms with Gasteiger partial charge >= 0.3 is 11.7 Å². The summed E-state index contributed by atoms with van der Waals surface area (Å²) in [6.45, 7) is 4.73. The highest BCUT2D eigenvalue weighted by molar-refractivity contribution is 5.91. The fourth-order valence-corrected chi connectivity index (χ4v) is 5.70. The van der Waals surface area contributed by atoms with Crippen LogP contribution >= 0.6 is 0 Å². The Hall–Kier alpha value is -4.92. The maximum Gasteiger partial charge on any atom is 0.355 e. The van der Waals surface area contributed by atoms with E-state index < -0.39 is 23.3 Å². The van der Waals surface area contributed by atoms with Crippen molar-refractivity contribution in [2.75, 3.05) is 23.7 Å². The molecule has 0 radical (unpaired) electrons. The second-order valence-corrected chi connectivity index (χ2v) is 11.0. The Morgan fingerprint density at radius 3 is 2.72 bits per heavy atom. The summed E-state index contributed by atoms with van der Waals surface area (Å²) in [5, 5.41) is 18.9. The molecule has 5 rings (SSSR count). The van der Waals surface area contributed by atoms with Gasteiger partial charge in [-0.3, -0.25) is 9.78 Å². The van der Waals surface area contributed by atoms with Crippen molar-refractivity contribution in [1.29, 1.82) is 5.26 Å². The highest BCUT2D eigenvalue weighted by atomic mass is 19.1. The Morgan fingerprint density at radius 1 is 1.23 bits per heavy atom. The highest BCUT2D eigenvalue weighted by Crippen LogP contribution is 2.36. The van der Waals surface area contributed by atoms with Crippen LogP contribution in [0.25, 0.3) is 28.0 Å². The van der Waals surface area contributed by atoms with E-state index in [2.05, 4.69) is 21.0 Å². The molecular weight excluding hydrogens is 556 g/mol. The van der Waals surface area contributed by atoms with Gasteiger partial charge in [0.05, 0.1) is 28.4 Å². The molecule has 0 saturated carbocycles. The van der Waals surface area contributed by atoms with Crippen LogP contribution in [0.15, 0.2) is 41.3 Å². The normalized spacial score (nSPS) is 15.2. The fraction of sp³-hybridized carbons (Fsp3) is 0.355. The van der Waals surface area contributed by atoms with E-state index in [1.54, 1.807) is 12.3 Å². The molecule has 10 nitrogen and oxygen atoms in total. The minimum atomic E-state index is -1.02. The molecule has 222 valence electrons. The number of nitriles is 1. The van der Waals surface area contributed by atoms with Crippen molar-refractivity contribution in [3.8, 4) is 23.0 Å². The fourth-order valence-electron chi connectivity index (χ4n) is 5.70. The van der Waals surface area contributed by atoms with Crippen LogP contribution in [0, 0.1) is 28.9 Å². The van der Waals surface area contributed by atoms with Crippen LogP contribution in [0.4, 0.5) is 20.3 Å². The molecule has 1 fully saturated rings. The number of nitrogen functional groups attached to an aromatic ring is 1. The third-order valence-corrected chi connectivity index (χ3v) is 7.70. The van der Waals surface area contributed by atoms with Crippen molar-refractivity contribution in [1.82, 2.24) is 19.5 Å². The van der Waals surface area contributed by atoms with Gasteiger partial charge in [-0.2, -0.15) is 10.2 Å².